The van der Waals surface area contributed by atoms with Crippen LogP contribution in [0.2, 0.25) is 5.02 Å². The van der Waals surface area contributed by atoms with E-state index in [0.29, 0.717) is 17.3 Å². The fraction of sp³-hybridized carbons (Fsp3) is 0.118. The summed E-state index contributed by atoms with van der Waals surface area (Å²) in [5.41, 5.74) is 0.947. The molecule has 0 unspecified atom stereocenters. The lowest BCUT2D eigenvalue weighted by Crippen LogP contribution is -2.25. The molecule has 21 heavy (non-hydrogen) atoms. The predicted octanol–water partition coefficient (Wildman–Crippen LogP) is 3.60. The van der Waals surface area contributed by atoms with Gasteiger partial charge in [-0.2, -0.15) is 0 Å². The van der Waals surface area contributed by atoms with Gasteiger partial charge < -0.3 is 5.32 Å². The fourth-order valence-corrected chi connectivity index (χ4v) is 2.40. The summed E-state index contributed by atoms with van der Waals surface area (Å²) in [6, 6.07) is 17.1. The lowest BCUT2D eigenvalue weighted by atomic mass is 10.2. The normalized spacial score (nSPS) is 9.57. The summed E-state index contributed by atoms with van der Waals surface area (Å²) in [6.45, 7) is 0.356. The van der Waals surface area contributed by atoms with Gasteiger partial charge in [0.15, 0.2) is 0 Å². The van der Waals surface area contributed by atoms with Crippen molar-refractivity contribution in [1.82, 2.24) is 5.32 Å². The zero-order chi connectivity index (χ0) is 14.9. The number of benzene rings is 2. The lowest BCUT2D eigenvalue weighted by molar-refractivity contribution is -0.118. The SMILES string of the molecule is O=C(CSc1ccc(Cl)cc1)NCC#Cc1ccccc1. The smallest absolute Gasteiger partial charge is 0.231 e. The molecule has 0 fully saturated rings. The topological polar surface area (TPSA) is 29.1 Å². The van der Waals surface area contributed by atoms with E-state index in [4.69, 9.17) is 11.6 Å². The van der Waals surface area contributed by atoms with E-state index in [-0.39, 0.29) is 5.91 Å². The van der Waals surface area contributed by atoms with E-state index in [1.165, 1.54) is 11.8 Å². The standard InChI is InChI=1S/C17H14ClNOS/c18-15-8-10-16(11-9-15)21-13-17(20)19-12-4-7-14-5-2-1-3-6-14/h1-3,5-6,8-11H,12-13H2,(H,19,20). The molecule has 0 spiro atoms. The Bertz CT molecular complexity index is 644. The van der Waals surface area contributed by atoms with E-state index in [1.54, 1.807) is 0 Å². The summed E-state index contributed by atoms with van der Waals surface area (Å²) >= 11 is 7.28. The highest BCUT2D eigenvalue weighted by Crippen LogP contribution is 2.19. The van der Waals surface area contributed by atoms with E-state index >= 15 is 0 Å². The van der Waals surface area contributed by atoms with Crippen molar-refractivity contribution in [2.75, 3.05) is 12.3 Å². The van der Waals surface area contributed by atoms with Gasteiger partial charge in [-0.3, -0.25) is 4.79 Å². The van der Waals surface area contributed by atoms with Crippen LogP contribution in [-0.2, 0) is 4.79 Å². The van der Waals surface area contributed by atoms with Gasteiger partial charge >= 0.3 is 0 Å². The van der Waals surface area contributed by atoms with E-state index in [2.05, 4.69) is 17.2 Å². The molecular formula is C17H14ClNOS. The number of carbonyl (C=O) groups is 1. The third-order valence-corrected chi connectivity index (χ3v) is 3.83. The molecule has 0 aliphatic carbocycles. The van der Waals surface area contributed by atoms with E-state index in [1.807, 2.05) is 54.6 Å². The quantitative estimate of drug-likeness (QED) is 0.690. The van der Waals surface area contributed by atoms with Crippen molar-refractivity contribution < 1.29 is 4.79 Å². The maximum Gasteiger partial charge on any atom is 0.231 e. The van der Waals surface area contributed by atoms with E-state index in [0.717, 1.165) is 10.5 Å². The van der Waals surface area contributed by atoms with Crippen molar-refractivity contribution in [2.24, 2.45) is 0 Å². The molecule has 0 bridgehead atoms. The van der Waals surface area contributed by atoms with Crippen molar-refractivity contribution in [3.05, 3.63) is 65.2 Å². The summed E-state index contributed by atoms with van der Waals surface area (Å²) in [7, 11) is 0. The van der Waals surface area contributed by atoms with Gasteiger partial charge in [0.1, 0.15) is 0 Å². The molecule has 1 amide bonds. The average Bonchev–Trinajstić information content (AvgIpc) is 2.52. The molecule has 0 saturated heterocycles. The van der Waals surface area contributed by atoms with Crippen LogP contribution in [0.4, 0.5) is 0 Å². The number of nitrogens with one attached hydrogen (secondary N) is 1. The average molecular weight is 316 g/mol. The van der Waals surface area contributed by atoms with Crippen LogP contribution >= 0.6 is 23.4 Å². The number of thioether (sulfide) groups is 1. The van der Waals surface area contributed by atoms with Gasteiger partial charge in [0.2, 0.25) is 5.91 Å². The number of hydrogen-bond donors (Lipinski definition) is 1. The molecule has 2 rings (SSSR count). The van der Waals surface area contributed by atoms with Crippen LogP contribution in [-0.4, -0.2) is 18.2 Å². The van der Waals surface area contributed by atoms with Crippen molar-refractivity contribution in [2.45, 2.75) is 4.90 Å². The van der Waals surface area contributed by atoms with Crippen molar-refractivity contribution in [3.63, 3.8) is 0 Å². The zero-order valence-electron chi connectivity index (χ0n) is 11.3. The number of rotatable bonds is 4. The Kier molecular flexibility index (Phi) is 6.21. The first-order valence-corrected chi connectivity index (χ1v) is 7.79. The highest BCUT2D eigenvalue weighted by molar-refractivity contribution is 8.00. The summed E-state index contributed by atoms with van der Waals surface area (Å²) in [4.78, 5) is 12.7. The molecule has 0 aromatic heterocycles. The molecule has 0 heterocycles. The maximum absolute atomic E-state index is 11.7. The predicted molar refractivity (Wildman–Crippen MR) is 88.5 cm³/mol. The second kappa shape index (κ2) is 8.41. The van der Waals surface area contributed by atoms with Crippen LogP contribution in [0, 0.1) is 11.8 Å². The Morgan fingerprint density at radius 2 is 1.81 bits per heavy atom. The van der Waals surface area contributed by atoms with Gasteiger partial charge in [-0.1, -0.05) is 41.6 Å². The van der Waals surface area contributed by atoms with E-state index < -0.39 is 0 Å². The van der Waals surface area contributed by atoms with Gasteiger partial charge in [-0.05, 0) is 36.4 Å². The molecule has 0 aliphatic heterocycles. The van der Waals surface area contributed by atoms with Crippen molar-refractivity contribution in [1.29, 1.82) is 0 Å². The van der Waals surface area contributed by atoms with Gasteiger partial charge in [-0.25, -0.2) is 0 Å². The molecular weight excluding hydrogens is 302 g/mol. The van der Waals surface area contributed by atoms with Crippen molar-refractivity contribution in [3.8, 4) is 11.8 Å². The molecule has 2 aromatic carbocycles. The lowest BCUT2D eigenvalue weighted by Gasteiger charge is -2.02. The monoisotopic (exact) mass is 315 g/mol. The highest BCUT2D eigenvalue weighted by Gasteiger charge is 2.01. The molecule has 0 aliphatic rings. The first-order chi connectivity index (χ1) is 10.2. The molecule has 2 aromatic rings. The van der Waals surface area contributed by atoms with Gasteiger partial charge in [0.25, 0.3) is 0 Å². The third kappa shape index (κ3) is 5.95. The Labute approximate surface area is 133 Å². The second-order valence-corrected chi connectivity index (χ2v) is 5.67. The first kappa shape index (κ1) is 15.5. The summed E-state index contributed by atoms with van der Waals surface area (Å²) < 4.78 is 0. The number of carbonyl (C=O) groups excluding carboxylic acids is 1. The maximum atomic E-state index is 11.7. The molecule has 0 radical (unpaired) electrons. The van der Waals surface area contributed by atoms with Crippen LogP contribution in [0.5, 0.6) is 0 Å². The molecule has 0 atom stereocenters. The van der Waals surface area contributed by atoms with Gasteiger partial charge in [0.05, 0.1) is 12.3 Å². The van der Waals surface area contributed by atoms with Crippen LogP contribution in [0.25, 0.3) is 0 Å². The minimum atomic E-state index is -0.0303. The third-order valence-electron chi connectivity index (χ3n) is 2.56. The first-order valence-electron chi connectivity index (χ1n) is 6.43. The minimum Gasteiger partial charge on any atom is -0.344 e. The van der Waals surface area contributed by atoms with Crippen molar-refractivity contribution >= 4 is 29.3 Å². The number of halogens is 1. The Morgan fingerprint density at radius 1 is 1.10 bits per heavy atom. The molecule has 4 heteroatoms. The zero-order valence-corrected chi connectivity index (χ0v) is 12.9. The largest absolute Gasteiger partial charge is 0.344 e. The molecule has 1 N–H and O–H groups in total. The summed E-state index contributed by atoms with van der Waals surface area (Å²) in [5, 5.41) is 3.47. The molecule has 0 saturated carbocycles. The highest BCUT2D eigenvalue weighted by atomic mass is 35.5. The molecule has 106 valence electrons. The second-order valence-electron chi connectivity index (χ2n) is 4.19. The summed E-state index contributed by atoms with van der Waals surface area (Å²) in [5.74, 6) is 6.26. The van der Waals surface area contributed by atoms with Crippen LogP contribution in [0.15, 0.2) is 59.5 Å². The molecule has 2 nitrogen and oxygen atoms in total. The Hall–Kier alpha value is -1.89. The number of hydrogen-bond acceptors (Lipinski definition) is 2. The minimum absolute atomic E-state index is 0.0303. The van der Waals surface area contributed by atoms with Gasteiger partial charge in [0, 0.05) is 15.5 Å². The Morgan fingerprint density at radius 3 is 2.52 bits per heavy atom. The van der Waals surface area contributed by atoms with Crippen LogP contribution in [0.3, 0.4) is 0 Å². The van der Waals surface area contributed by atoms with E-state index in [9.17, 15) is 4.79 Å². The van der Waals surface area contributed by atoms with Gasteiger partial charge in [-0.15, -0.1) is 11.8 Å². The summed E-state index contributed by atoms with van der Waals surface area (Å²) in [6.07, 6.45) is 0. The fourth-order valence-electron chi connectivity index (χ4n) is 1.54. The number of amides is 1. The Balaban J connectivity index is 1.71. The van der Waals surface area contributed by atoms with Crippen LogP contribution < -0.4 is 5.32 Å². The van der Waals surface area contributed by atoms with Crippen LogP contribution in [0.1, 0.15) is 5.56 Å².